The number of hydrogen-bond acceptors (Lipinski definition) is 2. The van der Waals surface area contributed by atoms with Gasteiger partial charge in [-0.2, -0.15) is 0 Å². The highest BCUT2D eigenvalue weighted by Crippen LogP contribution is 2.30. The summed E-state index contributed by atoms with van der Waals surface area (Å²) in [5.74, 6) is -0.399. The molecule has 0 aliphatic heterocycles. The Hall–Kier alpha value is -0.130. The summed E-state index contributed by atoms with van der Waals surface area (Å²) in [5.41, 5.74) is 1.07. The van der Waals surface area contributed by atoms with Gasteiger partial charge in [0.1, 0.15) is 0 Å². The van der Waals surface area contributed by atoms with Gasteiger partial charge in [-0.05, 0) is 17.7 Å². The molecule has 0 aliphatic rings. The van der Waals surface area contributed by atoms with E-state index in [9.17, 15) is 4.79 Å². The lowest BCUT2D eigenvalue weighted by molar-refractivity contribution is -0.137. The SMILES string of the molecule is C=CC(=O)OCCc1c(Br)cc(Br)cc1Br. The summed E-state index contributed by atoms with van der Waals surface area (Å²) in [7, 11) is 0. The van der Waals surface area contributed by atoms with E-state index in [0.717, 1.165) is 25.1 Å². The Labute approximate surface area is 119 Å². The fourth-order valence-electron chi connectivity index (χ4n) is 1.12. The zero-order valence-electron chi connectivity index (χ0n) is 8.30. The predicted octanol–water partition coefficient (Wildman–Crippen LogP) is 4.25. The van der Waals surface area contributed by atoms with E-state index in [0.29, 0.717) is 13.0 Å². The smallest absolute Gasteiger partial charge is 0.330 e. The molecule has 0 amide bonds. The molecule has 0 radical (unpaired) electrons. The Bertz CT molecular complexity index is 393. The average Bonchev–Trinajstić information content (AvgIpc) is 2.21. The maximum atomic E-state index is 10.9. The van der Waals surface area contributed by atoms with E-state index in [1.165, 1.54) is 0 Å². The van der Waals surface area contributed by atoms with Gasteiger partial charge in [0.15, 0.2) is 0 Å². The molecule has 0 atom stereocenters. The van der Waals surface area contributed by atoms with Crippen LogP contribution in [-0.2, 0) is 16.0 Å². The molecule has 0 heterocycles. The van der Waals surface area contributed by atoms with Gasteiger partial charge in [-0.25, -0.2) is 4.79 Å². The predicted molar refractivity (Wildman–Crippen MR) is 74.4 cm³/mol. The van der Waals surface area contributed by atoms with Crippen LogP contribution in [0.1, 0.15) is 5.56 Å². The number of carbonyl (C=O) groups is 1. The van der Waals surface area contributed by atoms with Crippen LogP contribution in [0.15, 0.2) is 38.2 Å². The van der Waals surface area contributed by atoms with Crippen molar-refractivity contribution in [2.24, 2.45) is 0 Å². The van der Waals surface area contributed by atoms with Crippen molar-refractivity contribution in [3.8, 4) is 0 Å². The van der Waals surface area contributed by atoms with Gasteiger partial charge in [0.05, 0.1) is 6.61 Å². The lowest BCUT2D eigenvalue weighted by Gasteiger charge is -2.08. The maximum Gasteiger partial charge on any atom is 0.330 e. The van der Waals surface area contributed by atoms with Crippen molar-refractivity contribution >= 4 is 53.8 Å². The van der Waals surface area contributed by atoms with Crippen molar-refractivity contribution in [1.29, 1.82) is 0 Å². The second kappa shape index (κ2) is 6.57. The van der Waals surface area contributed by atoms with Crippen molar-refractivity contribution in [2.45, 2.75) is 6.42 Å². The third-order valence-electron chi connectivity index (χ3n) is 1.87. The standard InChI is InChI=1S/C11H9Br3O2/c1-2-11(15)16-4-3-8-9(13)5-7(12)6-10(8)14/h2,5-6H,1,3-4H2. The summed E-state index contributed by atoms with van der Waals surface area (Å²) in [6, 6.07) is 3.91. The summed E-state index contributed by atoms with van der Waals surface area (Å²) in [6.45, 7) is 3.67. The fourth-order valence-corrected chi connectivity index (χ4v) is 3.78. The fraction of sp³-hybridized carbons (Fsp3) is 0.182. The summed E-state index contributed by atoms with van der Waals surface area (Å²) >= 11 is 10.3. The van der Waals surface area contributed by atoms with Gasteiger partial charge in [0.2, 0.25) is 0 Å². The third kappa shape index (κ3) is 4.03. The zero-order valence-corrected chi connectivity index (χ0v) is 13.1. The minimum atomic E-state index is -0.399. The van der Waals surface area contributed by atoms with Crippen molar-refractivity contribution in [2.75, 3.05) is 6.61 Å². The molecule has 1 rings (SSSR count). The first-order chi connectivity index (χ1) is 7.54. The quantitative estimate of drug-likeness (QED) is 0.546. The molecule has 0 saturated heterocycles. The van der Waals surface area contributed by atoms with Gasteiger partial charge in [-0.1, -0.05) is 54.4 Å². The van der Waals surface area contributed by atoms with Crippen LogP contribution in [-0.4, -0.2) is 12.6 Å². The summed E-state index contributed by atoms with van der Waals surface area (Å²) < 4.78 is 7.86. The van der Waals surface area contributed by atoms with Crippen LogP contribution in [0.4, 0.5) is 0 Å². The largest absolute Gasteiger partial charge is 0.462 e. The Morgan fingerprint density at radius 3 is 2.38 bits per heavy atom. The number of halogens is 3. The monoisotopic (exact) mass is 410 g/mol. The van der Waals surface area contributed by atoms with E-state index in [-0.39, 0.29) is 0 Å². The van der Waals surface area contributed by atoms with Gasteiger partial charge >= 0.3 is 5.97 Å². The third-order valence-corrected chi connectivity index (χ3v) is 3.74. The number of hydrogen-bond donors (Lipinski definition) is 0. The molecular weight excluding hydrogens is 404 g/mol. The molecule has 0 aromatic heterocycles. The van der Waals surface area contributed by atoms with Crippen LogP contribution >= 0.6 is 47.8 Å². The van der Waals surface area contributed by atoms with Gasteiger partial charge in [0.25, 0.3) is 0 Å². The molecule has 0 N–H and O–H groups in total. The summed E-state index contributed by atoms with van der Waals surface area (Å²) in [4.78, 5) is 10.9. The number of benzene rings is 1. The van der Waals surface area contributed by atoms with E-state index in [1.54, 1.807) is 0 Å². The molecule has 16 heavy (non-hydrogen) atoms. The van der Waals surface area contributed by atoms with Gasteiger partial charge < -0.3 is 4.74 Å². The Balaban J connectivity index is 2.67. The highest BCUT2D eigenvalue weighted by atomic mass is 79.9. The molecule has 0 spiro atoms. The molecule has 0 saturated carbocycles. The van der Waals surface area contributed by atoms with Crippen molar-refractivity contribution in [1.82, 2.24) is 0 Å². The number of rotatable bonds is 4. The summed E-state index contributed by atoms with van der Waals surface area (Å²) in [6.07, 6.45) is 1.81. The second-order valence-electron chi connectivity index (χ2n) is 2.97. The first kappa shape index (κ1) is 13.9. The van der Waals surface area contributed by atoms with E-state index in [1.807, 2.05) is 12.1 Å². The topological polar surface area (TPSA) is 26.3 Å². The van der Waals surface area contributed by atoms with Crippen LogP contribution in [0.3, 0.4) is 0 Å². The van der Waals surface area contributed by atoms with Crippen LogP contribution in [0.2, 0.25) is 0 Å². The minimum absolute atomic E-state index is 0.337. The molecule has 0 fully saturated rings. The van der Waals surface area contributed by atoms with Crippen molar-refractivity contribution in [3.63, 3.8) is 0 Å². The molecule has 0 aliphatic carbocycles. The zero-order chi connectivity index (χ0) is 12.1. The summed E-state index contributed by atoms with van der Waals surface area (Å²) in [5, 5.41) is 0. The molecule has 0 bridgehead atoms. The van der Waals surface area contributed by atoms with Crippen LogP contribution in [0, 0.1) is 0 Å². The minimum Gasteiger partial charge on any atom is -0.462 e. The first-order valence-corrected chi connectivity index (χ1v) is 6.85. The molecule has 5 heteroatoms. The van der Waals surface area contributed by atoms with Crippen molar-refractivity contribution < 1.29 is 9.53 Å². The molecule has 0 unspecified atom stereocenters. The van der Waals surface area contributed by atoms with E-state index < -0.39 is 5.97 Å². The molecule has 1 aromatic rings. The van der Waals surface area contributed by atoms with Crippen LogP contribution in [0.25, 0.3) is 0 Å². The van der Waals surface area contributed by atoms with E-state index in [4.69, 9.17) is 4.74 Å². The van der Waals surface area contributed by atoms with Gasteiger partial charge in [-0.3, -0.25) is 0 Å². The molecule has 1 aromatic carbocycles. The van der Waals surface area contributed by atoms with Crippen LogP contribution < -0.4 is 0 Å². The number of carbonyl (C=O) groups excluding carboxylic acids is 1. The molecule has 2 nitrogen and oxygen atoms in total. The maximum absolute atomic E-state index is 10.9. The normalized spacial score (nSPS) is 9.94. The average molecular weight is 413 g/mol. The molecule has 86 valence electrons. The van der Waals surface area contributed by atoms with Gasteiger partial charge in [0, 0.05) is 25.9 Å². The Kier molecular flexibility index (Phi) is 5.72. The lowest BCUT2D eigenvalue weighted by Crippen LogP contribution is -2.05. The van der Waals surface area contributed by atoms with E-state index in [2.05, 4.69) is 54.4 Å². The number of ether oxygens (including phenoxy) is 1. The Morgan fingerprint density at radius 2 is 1.88 bits per heavy atom. The number of esters is 1. The highest BCUT2D eigenvalue weighted by molar-refractivity contribution is 9.11. The van der Waals surface area contributed by atoms with Crippen LogP contribution in [0.5, 0.6) is 0 Å². The first-order valence-electron chi connectivity index (χ1n) is 4.47. The molecular formula is C11H9Br3O2. The second-order valence-corrected chi connectivity index (χ2v) is 5.59. The van der Waals surface area contributed by atoms with Crippen molar-refractivity contribution in [3.05, 3.63) is 43.8 Å². The van der Waals surface area contributed by atoms with Gasteiger partial charge in [-0.15, -0.1) is 0 Å². The van der Waals surface area contributed by atoms with E-state index >= 15 is 0 Å². The Morgan fingerprint density at radius 1 is 1.31 bits per heavy atom. The lowest BCUT2D eigenvalue weighted by atomic mass is 10.2. The highest BCUT2D eigenvalue weighted by Gasteiger charge is 2.07.